The lowest BCUT2D eigenvalue weighted by Crippen LogP contribution is -2.20. The van der Waals surface area contributed by atoms with Crippen LogP contribution in [0.1, 0.15) is 23.7 Å². The smallest absolute Gasteiger partial charge is 0.203 e. The minimum absolute atomic E-state index is 0.0710. The Morgan fingerprint density at radius 3 is 2.73 bits per heavy atom. The zero-order chi connectivity index (χ0) is 15.5. The number of aromatic hydroxyl groups is 1. The Hall–Kier alpha value is -2.33. The first-order chi connectivity index (χ1) is 10.6. The summed E-state index contributed by atoms with van der Waals surface area (Å²) in [5.41, 5.74) is 1.34. The highest BCUT2D eigenvalue weighted by atomic mass is 35.5. The van der Waals surface area contributed by atoms with Crippen LogP contribution in [0.2, 0.25) is 0 Å². The molecule has 0 bridgehead atoms. The lowest BCUT2D eigenvalue weighted by molar-refractivity contribution is 0.475. The van der Waals surface area contributed by atoms with Gasteiger partial charge in [0, 0.05) is 23.7 Å². The summed E-state index contributed by atoms with van der Waals surface area (Å²) in [6.07, 6.45) is 8.65. The maximum Gasteiger partial charge on any atom is 0.203 e. The first kappa shape index (κ1) is 14.6. The van der Waals surface area contributed by atoms with E-state index in [1.165, 1.54) is 6.07 Å². The second-order valence-electron chi connectivity index (χ2n) is 5.20. The average molecular weight is 315 g/mol. The highest BCUT2D eigenvalue weighted by Crippen LogP contribution is 2.22. The molecule has 0 saturated heterocycles. The van der Waals surface area contributed by atoms with Gasteiger partial charge in [-0.1, -0.05) is 35.9 Å². The molecule has 4 nitrogen and oxygen atoms in total. The molecule has 1 aliphatic carbocycles. The number of halogens is 1. The largest absolute Gasteiger partial charge is 0.508 e. The highest BCUT2D eigenvalue weighted by Gasteiger charge is 2.12. The summed E-state index contributed by atoms with van der Waals surface area (Å²) in [5.74, 6) is 0.207. The number of benzene rings is 1. The molecule has 1 heterocycles. The Bertz CT molecular complexity index is 791. The number of aromatic nitrogens is 2. The van der Waals surface area contributed by atoms with Crippen LogP contribution < -0.4 is 5.43 Å². The predicted octanol–water partition coefficient (Wildman–Crippen LogP) is 3.16. The van der Waals surface area contributed by atoms with E-state index in [1.807, 2.05) is 18.2 Å². The van der Waals surface area contributed by atoms with Gasteiger partial charge in [-0.05, 0) is 30.2 Å². The van der Waals surface area contributed by atoms with Gasteiger partial charge >= 0.3 is 0 Å². The fraction of sp³-hybridized carbons (Fsp3) is 0.176. The fourth-order valence-electron chi connectivity index (χ4n) is 2.36. The monoisotopic (exact) mass is 314 g/mol. The number of nitrogens with zero attached hydrogens (tertiary/aromatic N) is 2. The molecular weight excluding hydrogens is 300 g/mol. The van der Waals surface area contributed by atoms with Crippen LogP contribution in [0.15, 0.2) is 64.6 Å². The summed E-state index contributed by atoms with van der Waals surface area (Å²) in [6, 6.07) is 8.40. The molecule has 0 spiro atoms. The van der Waals surface area contributed by atoms with Crippen LogP contribution in [0.4, 0.5) is 0 Å². The van der Waals surface area contributed by atoms with Gasteiger partial charge in [0.05, 0.1) is 6.04 Å². The van der Waals surface area contributed by atoms with Gasteiger partial charge in [0.15, 0.2) is 0 Å². The standard InChI is InChI=1S/C17H15ClN2O2/c18-13-3-5-14(6-4-13)20-10-9-17(22)16(19-20)11-12-1-7-15(21)8-2-12/h1-5,7-10,14,21H,6,11H2. The minimum Gasteiger partial charge on any atom is -0.508 e. The van der Waals surface area contributed by atoms with E-state index >= 15 is 0 Å². The summed E-state index contributed by atoms with van der Waals surface area (Å²) < 4.78 is 1.79. The molecule has 0 saturated carbocycles. The normalized spacial score (nSPS) is 17.3. The van der Waals surface area contributed by atoms with Crippen molar-refractivity contribution < 1.29 is 5.11 Å². The molecule has 112 valence electrons. The fourth-order valence-corrected chi connectivity index (χ4v) is 2.52. The molecule has 0 aliphatic heterocycles. The van der Waals surface area contributed by atoms with Crippen molar-refractivity contribution in [3.8, 4) is 5.75 Å². The molecule has 1 N–H and O–H groups in total. The molecule has 0 amide bonds. The van der Waals surface area contributed by atoms with Crippen LogP contribution in [-0.4, -0.2) is 14.9 Å². The van der Waals surface area contributed by atoms with Crippen LogP contribution in [0.25, 0.3) is 0 Å². The van der Waals surface area contributed by atoms with Crippen LogP contribution in [0.3, 0.4) is 0 Å². The highest BCUT2D eigenvalue weighted by molar-refractivity contribution is 6.31. The topological polar surface area (TPSA) is 55.1 Å². The van der Waals surface area contributed by atoms with E-state index < -0.39 is 0 Å². The summed E-state index contributed by atoms with van der Waals surface area (Å²) in [7, 11) is 0. The van der Waals surface area contributed by atoms with E-state index in [9.17, 15) is 9.90 Å². The van der Waals surface area contributed by atoms with E-state index in [0.717, 1.165) is 17.0 Å². The van der Waals surface area contributed by atoms with Crippen LogP contribution in [0.5, 0.6) is 5.75 Å². The van der Waals surface area contributed by atoms with Crippen molar-refractivity contribution in [1.82, 2.24) is 9.78 Å². The molecule has 3 rings (SSSR count). The maximum atomic E-state index is 12.0. The number of rotatable bonds is 3. The van der Waals surface area contributed by atoms with Gasteiger partial charge < -0.3 is 5.11 Å². The van der Waals surface area contributed by atoms with E-state index in [1.54, 1.807) is 35.1 Å². The number of phenolic OH excluding ortho intramolecular Hbond substituents is 1. The molecule has 0 fully saturated rings. The van der Waals surface area contributed by atoms with Gasteiger partial charge in [-0.25, -0.2) is 0 Å². The lowest BCUT2D eigenvalue weighted by atomic mass is 10.1. The molecule has 22 heavy (non-hydrogen) atoms. The molecular formula is C17H15ClN2O2. The first-order valence-corrected chi connectivity index (χ1v) is 7.40. The van der Waals surface area contributed by atoms with Crippen LogP contribution >= 0.6 is 11.6 Å². The first-order valence-electron chi connectivity index (χ1n) is 7.02. The third-order valence-electron chi connectivity index (χ3n) is 3.58. The van der Waals surface area contributed by atoms with Crippen LogP contribution in [-0.2, 0) is 6.42 Å². The average Bonchev–Trinajstić information content (AvgIpc) is 2.52. The van der Waals surface area contributed by atoms with Gasteiger partial charge in [0.25, 0.3) is 0 Å². The molecule has 1 aromatic carbocycles. The van der Waals surface area contributed by atoms with Gasteiger partial charge in [-0.3, -0.25) is 9.48 Å². The van der Waals surface area contributed by atoms with Gasteiger partial charge in [0.2, 0.25) is 5.43 Å². The second-order valence-corrected chi connectivity index (χ2v) is 5.64. The minimum atomic E-state index is -0.0855. The van der Waals surface area contributed by atoms with E-state index in [4.69, 9.17) is 11.6 Å². The quantitative estimate of drug-likeness (QED) is 0.946. The molecule has 2 aromatic rings. The van der Waals surface area contributed by atoms with Crippen molar-refractivity contribution in [3.63, 3.8) is 0 Å². The van der Waals surface area contributed by atoms with Crippen molar-refractivity contribution in [2.45, 2.75) is 18.9 Å². The second kappa shape index (κ2) is 6.20. The number of hydrogen-bond donors (Lipinski definition) is 1. The van der Waals surface area contributed by atoms with Crippen molar-refractivity contribution >= 4 is 11.6 Å². The lowest BCUT2D eigenvalue weighted by Gasteiger charge is -2.17. The molecule has 1 aliphatic rings. The summed E-state index contributed by atoms with van der Waals surface area (Å²) in [5, 5.41) is 14.5. The van der Waals surface area contributed by atoms with Crippen LogP contribution in [0, 0.1) is 0 Å². The Labute approximate surface area is 133 Å². The Morgan fingerprint density at radius 1 is 1.27 bits per heavy atom. The van der Waals surface area contributed by atoms with Crippen molar-refractivity contribution in [3.05, 3.63) is 81.3 Å². The zero-order valence-electron chi connectivity index (χ0n) is 11.8. The van der Waals surface area contributed by atoms with Gasteiger partial charge in [-0.2, -0.15) is 5.10 Å². The Kier molecular flexibility index (Phi) is 4.11. The van der Waals surface area contributed by atoms with E-state index in [0.29, 0.717) is 12.1 Å². The zero-order valence-corrected chi connectivity index (χ0v) is 12.6. The number of allylic oxidation sites excluding steroid dienone is 4. The number of phenols is 1. The van der Waals surface area contributed by atoms with E-state index in [-0.39, 0.29) is 17.2 Å². The number of hydrogen-bond acceptors (Lipinski definition) is 3. The third-order valence-corrected chi connectivity index (χ3v) is 3.86. The Balaban J connectivity index is 1.86. The third kappa shape index (κ3) is 3.28. The molecule has 5 heteroatoms. The van der Waals surface area contributed by atoms with Crippen molar-refractivity contribution in [1.29, 1.82) is 0 Å². The van der Waals surface area contributed by atoms with Gasteiger partial charge in [-0.15, -0.1) is 0 Å². The predicted molar refractivity (Wildman–Crippen MR) is 86.1 cm³/mol. The van der Waals surface area contributed by atoms with Gasteiger partial charge in [0.1, 0.15) is 11.4 Å². The summed E-state index contributed by atoms with van der Waals surface area (Å²) in [6.45, 7) is 0. The SMILES string of the molecule is O=c1ccn(C2C=CC(Cl)=CC2)nc1Cc1ccc(O)cc1. The molecule has 0 radical (unpaired) electrons. The molecule has 1 unspecified atom stereocenters. The Morgan fingerprint density at radius 2 is 2.05 bits per heavy atom. The summed E-state index contributed by atoms with van der Waals surface area (Å²) >= 11 is 5.92. The van der Waals surface area contributed by atoms with Crippen molar-refractivity contribution in [2.24, 2.45) is 0 Å². The summed E-state index contributed by atoms with van der Waals surface area (Å²) in [4.78, 5) is 12.0. The molecule has 1 atom stereocenters. The van der Waals surface area contributed by atoms with Crippen molar-refractivity contribution in [2.75, 3.05) is 0 Å². The molecule has 1 aromatic heterocycles. The van der Waals surface area contributed by atoms with E-state index in [2.05, 4.69) is 5.10 Å². The maximum absolute atomic E-state index is 12.0.